The smallest absolute Gasteiger partial charge is 0.257 e. The summed E-state index contributed by atoms with van der Waals surface area (Å²) in [7, 11) is 0. The van der Waals surface area contributed by atoms with Crippen molar-refractivity contribution in [3.8, 4) is 0 Å². The molecule has 7 nitrogen and oxygen atoms in total. The maximum Gasteiger partial charge on any atom is 0.257 e. The summed E-state index contributed by atoms with van der Waals surface area (Å²) in [6, 6.07) is 18.9. The Morgan fingerprint density at radius 2 is 1.42 bits per heavy atom. The number of nitrogens with one attached hydrogen (secondary N) is 2. The number of thiazole rings is 1. The molecule has 33 heavy (non-hydrogen) atoms. The van der Waals surface area contributed by atoms with E-state index in [1.54, 1.807) is 5.38 Å². The van der Waals surface area contributed by atoms with E-state index in [0.29, 0.717) is 30.5 Å². The van der Waals surface area contributed by atoms with Crippen LogP contribution < -0.4 is 15.5 Å². The molecule has 0 saturated carbocycles. The summed E-state index contributed by atoms with van der Waals surface area (Å²) in [5, 5.41) is 7.84. The Morgan fingerprint density at radius 1 is 0.909 bits per heavy atom. The van der Waals surface area contributed by atoms with Gasteiger partial charge < -0.3 is 10.6 Å². The van der Waals surface area contributed by atoms with Crippen molar-refractivity contribution in [2.75, 3.05) is 11.4 Å². The molecule has 0 unspecified atom stereocenters. The highest BCUT2D eigenvalue weighted by Gasteiger charge is 2.20. The van der Waals surface area contributed by atoms with Gasteiger partial charge in [0, 0.05) is 31.9 Å². The summed E-state index contributed by atoms with van der Waals surface area (Å²) >= 11 is 1.28. The molecule has 0 aliphatic rings. The Kier molecular flexibility index (Phi) is 8.49. The van der Waals surface area contributed by atoms with Gasteiger partial charge in [0.1, 0.15) is 5.57 Å². The minimum Gasteiger partial charge on any atom is -0.348 e. The Labute approximate surface area is 197 Å². The van der Waals surface area contributed by atoms with E-state index in [4.69, 9.17) is 0 Å². The average Bonchev–Trinajstić information content (AvgIpc) is 3.29. The minimum atomic E-state index is -0.502. The molecule has 0 radical (unpaired) electrons. The van der Waals surface area contributed by atoms with Crippen LogP contribution in [0.1, 0.15) is 30.7 Å². The Morgan fingerprint density at radius 3 is 1.88 bits per heavy atom. The number of amides is 3. The van der Waals surface area contributed by atoms with Crippen LogP contribution in [-0.2, 0) is 27.5 Å². The minimum absolute atomic E-state index is 0.0513. The van der Waals surface area contributed by atoms with Gasteiger partial charge in [0.25, 0.3) is 11.8 Å². The number of nitrogens with zero attached hydrogens (tertiary/aromatic N) is 2. The number of hydrogen-bond acceptors (Lipinski definition) is 5. The molecule has 0 bridgehead atoms. The van der Waals surface area contributed by atoms with Crippen LogP contribution >= 0.6 is 11.3 Å². The fourth-order valence-electron chi connectivity index (χ4n) is 3.09. The van der Waals surface area contributed by atoms with Crippen LogP contribution in [0.2, 0.25) is 0 Å². The van der Waals surface area contributed by atoms with Gasteiger partial charge >= 0.3 is 0 Å². The molecule has 0 atom stereocenters. The summed E-state index contributed by atoms with van der Waals surface area (Å²) in [6.07, 6.45) is 1.45. The molecular formula is C25H26N4O3S. The standard InChI is InChI=1S/C25H26N4O3S/c1-3-29(18(2)30)25-28-21(17-33-25)14-22(23(31)26-15-19-10-6-4-7-11-19)24(32)27-16-20-12-8-5-9-13-20/h4-14,17H,3,15-16H2,1-2H3,(H,26,31)(H,27,32). The third kappa shape index (κ3) is 6.85. The predicted molar refractivity (Wildman–Crippen MR) is 130 cm³/mol. The maximum absolute atomic E-state index is 12.9. The second-order valence-electron chi connectivity index (χ2n) is 7.21. The zero-order valence-corrected chi connectivity index (χ0v) is 19.4. The normalized spacial score (nSPS) is 10.2. The average molecular weight is 463 g/mol. The van der Waals surface area contributed by atoms with E-state index in [-0.39, 0.29) is 11.5 Å². The van der Waals surface area contributed by atoms with Crippen LogP contribution in [0.15, 0.2) is 71.6 Å². The molecule has 0 saturated heterocycles. The fraction of sp³-hybridized carbons (Fsp3) is 0.200. The molecule has 0 aliphatic carbocycles. The Bertz CT molecular complexity index is 1070. The van der Waals surface area contributed by atoms with Crippen molar-refractivity contribution in [1.82, 2.24) is 15.6 Å². The summed E-state index contributed by atoms with van der Waals surface area (Å²) in [5.74, 6) is -1.13. The van der Waals surface area contributed by atoms with Gasteiger partial charge in [0.05, 0.1) is 5.69 Å². The van der Waals surface area contributed by atoms with E-state index in [1.807, 2.05) is 67.6 Å². The molecule has 0 fully saturated rings. The first-order valence-corrected chi connectivity index (χ1v) is 11.5. The Hall–Kier alpha value is -3.78. The van der Waals surface area contributed by atoms with Crippen molar-refractivity contribution in [2.45, 2.75) is 26.9 Å². The highest BCUT2D eigenvalue weighted by atomic mass is 32.1. The number of hydrogen-bond donors (Lipinski definition) is 2. The third-order valence-corrected chi connectivity index (χ3v) is 5.69. The summed E-state index contributed by atoms with van der Waals surface area (Å²) in [4.78, 5) is 43.7. The van der Waals surface area contributed by atoms with Gasteiger partial charge in [-0.3, -0.25) is 19.3 Å². The largest absolute Gasteiger partial charge is 0.348 e. The molecule has 3 amide bonds. The van der Waals surface area contributed by atoms with Crippen LogP contribution in [0.5, 0.6) is 0 Å². The molecule has 0 aliphatic heterocycles. The van der Waals surface area contributed by atoms with Crippen molar-refractivity contribution in [1.29, 1.82) is 0 Å². The number of carbonyl (C=O) groups is 3. The number of benzene rings is 2. The number of rotatable bonds is 9. The lowest BCUT2D eigenvalue weighted by atomic mass is 10.1. The molecule has 3 aromatic rings. The van der Waals surface area contributed by atoms with Crippen LogP contribution in [0, 0.1) is 0 Å². The van der Waals surface area contributed by atoms with Gasteiger partial charge in [-0.2, -0.15) is 0 Å². The number of carbonyl (C=O) groups excluding carboxylic acids is 3. The first-order valence-electron chi connectivity index (χ1n) is 10.6. The van der Waals surface area contributed by atoms with Gasteiger partial charge in [0.2, 0.25) is 5.91 Å². The summed E-state index contributed by atoms with van der Waals surface area (Å²) in [6.45, 7) is 4.39. The van der Waals surface area contributed by atoms with Crippen LogP contribution in [-0.4, -0.2) is 29.3 Å². The molecule has 1 heterocycles. The molecule has 1 aromatic heterocycles. The first kappa shape index (κ1) is 23.9. The van der Waals surface area contributed by atoms with E-state index >= 15 is 0 Å². The lowest BCUT2D eigenvalue weighted by Gasteiger charge is -2.14. The van der Waals surface area contributed by atoms with E-state index in [2.05, 4.69) is 15.6 Å². The van der Waals surface area contributed by atoms with Crippen LogP contribution in [0.25, 0.3) is 6.08 Å². The zero-order valence-electron chi connectivity index (χ0n) is 18.6. The van der Waals surface area contributed by atoms with Crippen molar-refractivity contribution in [2.24, 2.45) is 0 Å². The quantitative estimate of drug-likeness (QED) is 0.289. The molecule has 0 spiro atoms. The first-order chi connectivity index (χ1) is 16.0. The highest BCUT2D eigenvalue weighted by Crippen LogP contribution is 2.22. The summed E-state index contributed by atoms with van der Waals surface area (Å²) in [5.41, 5.74) is 2.23. The highest BCUT2D eigenvalue weighted by molar-refractivity contribution is 7.14. The second-order valence-corrected chi connectivity index (χ2v) is 8.05. The van der Waals surface area contributed by atoms with Gasteiger partial charge in [-0.25, -0.2) is 4.98 Å². The third-order valence-electron chi connectivity index (χ3n) is 4.81. The van der Waals surface area contributed by atoms with E-state index < -0.39 is 11.8 Å². The van der Waals surface area contributed by atoms with E-state index in [1.165, 1.54) is 29.2 Å². The van der Waals surface area contributed by atoms with Gasteiger partial charge in [-0.05, 0) is 24.1 Å². The molecule has 3 rings (SSSR count). The molecule has 170 valence electrons. The number of aromatic nitrogens is 1. The van der Waals surface area contributed by atoms with E-state index in [0.717, 1.165) is 11.1 Å². The maximum atomic E-state index is 12.9. The van der Waals surface area contributed by atoms with Crippen LogP contribution in [0.3, 0.4) is 0 Å². The van der Waals surface area contributed by atoms with E-state index in [9.17, 15) is 14.4 Å². The molecule has 2 aromatic carbocycles. The zero-order chi connectivity index (χ0) is 23.6. The monoisotopic (exact) mass is 462 g/mol. The van der Waals surface area contributed by atoms with Crippen molar-refractivity contribution in [3.05, 3.63) is 88.4 Å². The molecule has 8 heteroatoms. The van der Waals surface area contributed by atoms with Gasteiger partial charge in [-0.1, -0.05) is 60.7 Å². The Balaban J connectivity index is 1.80. The van der Waals surface area contributed by atoms with Crippen molar-refractivity contribution >= 4 is 40.3 Å². The van der Waals surface area contributed by atoms with Crippen molar-refractivity contribution in [3.63, 3.8) is 0 Å². The molecular weight excluding hydrogens is 436 g/mol. The number of anilines is 1. The predicted octanol–water partition coefficient (Wildman–Crippen LogP) is 3.53. The second kappa shape index (κ2) is 11.7. The molecule has 2 N–H and O–H groups in total. The topological polar surface area (TPSA) is 91.4 Å². The lowest BCUT2D eigenvalue weighted by molar-refractivity contribution is -0.123. The fourth-order valence-corrected chi connectivity index (χ4v) is 3.98. The van der Waals surface area contributed by atoms with Crippen LogP contribution in [0.4, 0.5) is 5.13 Å². The van der Waals surface area contributed by atoms with Crippen molar-refractivity contribution < 1.29 is 14.4 Å². The summed E-state index contributed by atoms with van der Waals surface area (Å²) < 4.78 is 0. The lowest BCUT2D eigenvalue weighted by Crippen LogP contribution is -2.34. The van der Waals surface area contributed by atoms with Gasteiger partial charge in [0.15, 0.2) is 5.13 Å². The van der Waals surface area contributed by atoms with Gasteiger partial charge in [-0.15, -0.1) is 11.3 Å². The SMILES string of the molecule is CCN(C(C)=O)c1nc(C=C(C(=O)NCc2ccccc2)C(=O)NCc2ccccc2)cs1.